The summed E-state index contributed by atoms with van der Waals surface area (Å²) in [7, 11) is 1.82. The van der Waals surface area contributed by atoms with E-state index in [4.69, 9.17) is 0 Å². The van der Waals surface area contributed by atoms with Crippen LogP contribution in [0.5, 0.6) is 0 Å². The molecule has 2 aromatic heterocycles. The van der Waals surface area contributed by atoms with Gasteiger partial charge in [-0.15, -0.1) is 5.10 Å². The van der Waals surface area contributed by atoms with Crippen LogP contribution in [-0.2, 0) is 7.05 Å². The zero-order valence-corrected chi connectivity index (χ0v) is 12.2. The minimum absolute atomic E-state index is 0.258. The van der Waals surface area contributed by atoms with Crippen LogP contribution in [0.4, 0.5) is 5.69 Å². The molecule has 0 spiro atoms. The summed E-state index contributed by atoms with van der Waals surface area (Å²) >= 11 is 0. The average molecular weight is 289 g/mol. The molecule has 3 heterocycles. The fourth-order valence-corrected chi connectivity index (χ4v) is 2.54. The largest absolute Gasteiger partial charge is 0.318 e. The Labute approximate surface area is 122 Å². The minimum Gasteiger partial charge on any atom is -0.318 e. The first-order valence-electron chi connectivity index (χ1n) is 7.07. The van der Waals surface area contributed by atoms with Crippen LogP contribution >= 0.6 is 0 Å². The Kier molecular flexibility index (Phi) is 3.70. The van der Waals surface area contributed by atoms with E-state index < -0.39 is 0 Å². The number of aryl methyl sites for hydroxylation is 2. The Balaban J connectivity index is 1.70. The van der Waals surface area contributed by atoms with Gasteiger partial charge in [-0.1, -0.05) is 5.21 Å². The summed E-state index contributed by atoms with van der Waals surface area (Å²) in [5, 5.41) is 18.4. The van der Waals surface area contributed by atoms with E-state index in [0.717, 1.165) is 31.6 Å². The molecule has 0 aromatic carbocycles. The molecule has 1 amide bonds. The lowest BCUT2D eigenvalue weighted by Gasteiger charge is -2.22. The summed E-state index contributed by atoms with van der Waals surface area (Å²) < 4.78 is 3.46. The number of nitrogens with zero attached hydrogens (tertiary/aromatic N) is 5. The molecule has 2 aromatic rings. The van der Waals surface area contributed by atoms with Crippen molar-refractivity contribution in [2.45, 2.75) is 25.8 Å². The molecular weight excluding hydrogens is 270 g/mol. The van der Waals surface area contributed by atoms with Crippen molar-refractivity contribution in [2.24, 2.45) is 7.05 Å². The third-order valence-corrected chi connectivity index (χ3v) is 3.69. The molecule has 8 heteroatoms. The predicted molar refractivity (Wildman–Crippen MR) is 77.1 cm³/mol. The van der Waals surface area contributed by atoms with E-state index in [1.807, 2.05) is 14.0 Å². The zero-order valence-electron chi connectivity index (χ0n) is 12.2. The van der Waals surface area contributed by atoms with Gasteiger partial charge in [0.15, 0.2) is 5.69 Å². The van der Waals surface area contributed by atoms with Crippen LogP contribution in [0.25, 0.3) is 0 Å². The Hall–Kier alpha value is -2.22. The number of amides is 1. The van der Waals surface area contributed by atoms with Crippen LogP contribution < -0.4 is 10.6 Å². The minimum atomic E-state index is -0.258. The number of piperidine rings is 1. The first-order chi connectivity index (χ1) is 10.1. The Bertz CT molecular complexity index is 639. The van der Waals surface area contributed by atoms with Gasteiger partial charge in [0.1, 0.15) is 0 Å². The number of hydrogen-bond donors (Lipinski definition) is 2. The number of carbonyl (C=O) groups is 1. The molecule has 1 aliphatic rings. The maximum atomic E-state index is 12.2. The highest BCUT2D eigenvalue weighted by Gasteiger charge is 2.19. The maximum Gasteiger partial charge on any atom is 0.277 e. The van der Waals surface area contributed by atoms with Crippen LogP contribution in [0, 0.1) is 6.92 Å². The van der Waals surface area contributed by atoms with Gasteiger partial charge in [0, 0.05) is 13.2 Å². The SMILES string of the molecule is Cc1nn(C)cc1NC(=O)c1cn(C2CCNCC2)nn1. The van der Waals surface area contributed by atoms with Crippen LogP contribution in [-0.4, -0.2) is 43.8 Å². The molecule has 0 aliphatic carbocycles. The van der Waals surface area contributed by atoms with Gasteiger partial charge >= 0.3 is 0 Å². The van der Waals surface area contributed by atoms with Gasteiger partial charge in [-0.25, -0.2) is 4.68 Å². The topological polar surface area (TPSA) is 89.7 Å². The third-order valence-electron chi connectivity index (χ3n) is 3.69. The number of rotatable bonds is 3. The molecule has 0 atom stereocenters. The summed E-state index contributed by atoms with van der Waals surface area (Å²) in [5.74, 6) is -0.258. The van der Waals surface area contributed by atoms with E-state index in [1.54, 1.807) is 21.8 Å². The highest BCUT2D eigenvalue weighted by atomic mass is 16.2. The first-order valence-corrected chi connectivity index (χ1v) is 7.07. The lowest BCUT2D eigenvalue weighted by Crippen LogP contribution is -2.29. The van der Waals surface area contributed by atoms with Crippen LogP contribution in [0.3, 0.4) is 0 Å². The first kappa shape index (κ1) is 13.7. The number of carbonyl (C=O) groups excluding carboxylic acids is 1. The average Bonchev–Trinajstić information content (AvgIpc) is 3.07. The summed E-state index contributed by atoms with van der Waals surface area (Å²) in [6.45, 7) is 3.80. The number of nitrogens with one attached hydrogen (secondary N) is 2. The highest BCUT2D eigenvalue weighted by molar-refractivity contribution is 6.02. The van der Waals surface area contributed by atoms with Gasteiger partial charge < -0.3 is 10.6 Å². The van der Waals surface area contributed by atoms with Crippen molar-refractivity contribution < 1.29 is 4.79 Å². The number of anilines is 1. The third kappa shape index (κ3) is 2.94. The molecule has 0 unspecified atom stereocenters. The van der Waals surface area contributed by atoms with E-state index in [9.17, 15) is 4.79 Å². The van der Waals surface area contributed by atoms with Crippen molar-refractivity contribution in [3.05, 3.63) is 23.8 Å². The second-order valence-corrected chi connectivity index (χ2v) is 5.32. The van der Waals surface area contributed by atoms with Gasteiger partial charge in [-0.05, 0) is 32.9 Å². The van der Waals surface area contributed by atoms with Gasteiger partial charge in [0.2, 0.25) is 0 Å². The summed E-state index contributed by atoms with van der Waals surface area (Å²) in [4.78, 5) is 12.2. The van der Waals surface area contributed by atoms with Crippen molar-refractivity contribution in [1.29, 1.82) is 0 Å². The van der Waals surface area contributed by atoms with Gasteiger partial charge in [0.25, 0.3) is 5.91 Å². The molecule has 1 saturated heterocycles. The second kappa shape index (κ2) is 5.65. The maximum absolute atomic E-state index is 12.2. The van der Waals surface area contributed by atoms with Crippen molar-refractivity contribution in [2.75, 3.05) is 18.4 Å². The van der Waals surface area contributed by atoms with Crippen LogP contribution in [0.15, 0.2) is 12.4 Å². The van der Waals surface area contributed by atoms with Crippen molar-refractivity contribution >= 4 is 11.6 Å². The molecular formula is C13H19N7O. The van der Waals surface area contributed by atoms with Crippen LogP contribution in [0.1, 0.15) is 35.1 Å². The second-order valence-electron chi connectivity index (χ2n) is 5.32. The predicted octanol–water partition coefficient (Wildman–Crippen LogP) is 0.497. The summed E-state index contributed by atoms with van der Waals surface area (Å²) in [6.07, 6.45) is 5.50. The molecule has 2 N–H and O–H groups in total. The Morgan fingerprint density at radius 3 is 2.81 bits per heavy atom. The standard InChI is InChI=1S/C13H19N7O/c1-9-11(7-19(2)17-9)15-13(21)12-8-20(18-16-12)10-3-5-14-6-4-10/h7-8,10,14H,3-6H2,1-2H3,(H,15,21). The monoisotopic (exact) mass is 289 g/mol. The van der Waals surface area contributed by atoms with Gasteiger partial charge in [-0.2, -0.15) is 5.10 Å². The van der Waals surface area contributed by atoms with E-state index in [-0.39, 0.29) is 5.91 Å². The van der Waals surface area contributed by atoms with E-state index in [1.165, 1.54) is 0 Å². The lowest BCUT2D eigenvalue weighted by atomic mass is 10.1. The smallest absolute Gasteiger partial charge is 0.277 e. The normalized spacial score (nSPS) is 16.1. The fourth-order valence-electron chi connectivity index (χ4n) is 2.54. The summed E-state index contributed by atoms with van der Waals surface area (Å²) in [5.41, 5.74) is 1.80. The zero-order chi connectivity index (χ0) is 14.8. The molecule has 0 saturated carbocycles. The molecule has 1 fully saturated rings. The summed E-state index contributed by atoms with van der Waals surface area (Å²) in [6, 6.07) is 0.320. The van der Waals surface area contributed by atoms with Gasteiger partial charge in [0.05, 0.1) is 23.6 Å². The molecule has 3 rings (SSSR count). The quantitative estimate of drug-likeness (QED) is 0.858. The Morgan fingerprint density at radius 2 is 2.14 bits per heavy atom. The molecule has 21 heavy (non-hydrogen) atoms. The number of hydrogen-bond acceptors (Lipinski definition) is 5. The van der Waals surface area contributed by atoms with Crippen molar-refractivity contribution in [3.8, 4) is 0 Å². The number of aromatic nitrogens is 5. The van der Waals surface area contributed by atoms with Gasteiger partial charge in [-0.3, -0.25) is 9.48 Å². The van der Waals surface area contributed by atoms with E-state index >= 15 is 0 Å². The molecule has 8 nitrogen and oxygen atoms in total. The molecule has 0 radical (unpaired) electrons. The van der Waals surface area contributed by atoms with Crippen molar-refractivity contribution in [3.63, 3.8) is 0 Å². The lowest BCUT2D eigenvalue weighted by molar-refractivity contribution is 0.102. The molecule has 1 aliphatic heterocycles. The van der Waals surface area contributed by atoms with Crippen molar-refractivity contribution in [1.82, 2.24) is 30.1 Å². The van der Waals surface area contributed by atoms with E-state index in [2.05, 4.69) is 26.0 Å². The Morgan fingerprint density at radius 1 is 1.38 bits per heavy atom. The van der Waals surface area contributed by atoms with E-state index in [0.29, 0.717) is 17.4 Å². The molecule has 112 valence electrons. The fraction of sp³-hybridized carbons (Fsp3) is 0.538. The molecule has 0 bridgehead atoms. The van der Waals surface area contributed by atoms with Crippen LogP contribution in [0.2, 0.25) is 0 Å². The highest BCUT2D eigenvalue weighted by Crippen LogP contribution is 2.18.